The van der Waals surface area contributed by atoms with Crippen molar-refractivity contribution in [3.8, 4) is 5.75 Å². The van der Waals surface area contributed by atoms with Crippen LogP contribution in [0.1, 0.15) is 58.2 Å². The van der Waals surface area contributed by atoms with Gasteiger partial charge < -0.3 is 4.74 Å². The number of sulfone groups is 1. The average molecular weight is 443 g/mol. The van der Waals surface area contributed by atoms with Gasteiger partial charge in [0.15, 0.2) is 9.84 Å². The molecule has 2 aromatic rings. The maximum absolute atomic E-state index is 12.7. The Labute approximate surface area is 181 Å². The van der Waals surface area contributed by atoms with Gasteiger partial charge in [-0.3, -0.25) is 0 Å². The van der Waals surface area contributed by atoms with E-state index in [-0.39, 0.29) is 0 Å². The number of ether oxygens (including phenoxy) is 1. The Bertz CT molecular complexity index is 890. The minimum Gasteiger partial charge on any atom is -0.496 e. The van der Waals surface area contributed by atoms with E-state index >= 15 is 0 Å². The Morgan fingerprint density at radius 2 is 1.60 bits per heavy atom. The minimum absolute atomic E-state index is 0.609. The highest BCUT2D eigenvalue weighted by atomic mass is 32.2. The summed E-state index contributed by atoms with van der Waals surface area (Å²) < 4.78 is 52.1. The van der Waals surface area contributed by atoms with Gasteiger partial charge in [-0.15, -0.1) is 0 Å². The fraction of sp³-hybridized carbons (Fsp3) is 0.417. The summed E-state index contributed by atoms with van der Waals surface area (Å²) in [6, 6.07) is 6.45. The second-order valence-corrected chi connectivity index (χ2v) is 7.66. The van der Waals surface area contributed by atoms with Gasteiger partial charge in [0, 0.05) is 11.8 Å². The summed E-state index contributed by atoms with van der Waals surface area (Å²) in [5, 5.41) is 0. The van der Waals surface area contributed by atoms with E-state index in [0.717, 1.165) is 30.6 Å². The molecule has 0 aliphatic heterocycles. The van der Waals surface area contributed by atoms with Crippen molar-refractivity contribution in [2.24, 2.45) is 0 Å². The molecule has 0 fully saturated rings. The summed E-state index contributed by atoms with van der Waals surface area (Å²) in [6.07, 6.45) is 6.05. The van der Waals surface area contributed by atoms with E-state index in [1.54, 1.807) is 7.11 Å². The third-order valence-corrected chi connectivity index (χ3v) is 4.84. The van der Waals surface area contributed by atoms with Crippen LogP contribution in [0.2, 0.25) is 0 Å². The summed E-state index contributed by atoms with van der Waals surface area (Å²) in [7, 11) is -1.95. The van der Waals surface area contributed by atoms with Crippen LogP contribution in [0.15, 0.2) is 41.3 Å². The first-order chi connectivity index (χ1) is 14.1. The maximum atomic E-state index is 12.7. The first-order valence-electron chi connectivity index (χ1n) is 10.1. The van der Waals surface area contributed by atoms with Crippen LogP contribution in [0.25, 0.3) is 6.08 Å². The van der Waals surface area contributed by atoms with Crippen LogP contribution < -0.4 is 4.74 Å². The van der Waals surface area contributed by atoms with Crippen molar-refractivity contribution in [1.82, 2.24) is 0 Å². The molecule has 0 saturated heterocycles. The lowest BCUT2D eigenvalue weighted by Crippen LogP contribution is -2.00. The zero-order chi connectivity index (χ0) is 23.9. The van der Waals surface area contributed by atoms with Crippen LogP contribution in [0.4, 0.5) is 8.78 Å². The molecular formula is C24H36F2O3S. The molecule has 0 radical (unpaired) electrons. The van der Waals surface area contributed by atoms with Crippen LogP contribution >= 0.6 is 0 Å². The Morgan fingerprint density at radius 1 is 1.03 bits per heavy atom. The number of hydrogen-bond acceptors (Lipinski definition) is 3. The van der Waals surface area contributed by atoms with Crippen LogP contribution in [-0.4, -0.2) is 21.8 Å². The Balaban J connectivity index is 0. The van der Waals surface area contributed by atoms with Gasteiger partial charge in [0.05, 0.1) is 7.11 Å². The molecule has 0 aromatic heterocycles. The number of allylic oxidation sites excluding steroid dienone is 1. The molecule has 0 atom stereocenters. The van der Waals surface area contributed by atoms with Gasteiger partial charge in [-0.05, 0) is 55.7 Å². The summed E-state index contributed by atoms with van der Waals surface area (Å²) in [4.78, 5) is -0.609. The molecule has 0 amide bonds. The molecule has 0 unspecified atom stereocenters. The molecule has 3 nitrogen and oxygen atoms in total. The number of benzene rings is 2. The fourth-order valence-corrected chi connectivity index (χ4v) is 3.23. The topological polar surface area (TPSA) is 43.4 Å². The van der Waals surface area contributed by atoms with Crippen LogP contribution in [-0.2, 0) is 16.3 Å². The van der Waals surface area contributed by atoms with Crippen molar-refractivity contribution in [2.45, 2.75) is 59.8 Å². The first-order valence-corrected chi connectivity index (χ1v) is 12.0. The average Bonchev–Trinajstić information content (AvgIpc) is 2.74. The van der Waals surface area contributed by atoms with E-state index in [1.807, 2.05) is 40.7 Å². The number of hydrogen-bond donors (Lipinski definition) is 0. The summed E-state index contributed by atoms with van der Waals surface area (Å²) >= 11 is 0. The molecule has 6 heteroatoms. The molecule has 2 aromatic carbocycles. The lowest BCUT2D eigenvalue weighted by molar-refractivity contribution is 0.410. The number of aryl methyl sites for hydroxylation is 1. The predicted molar refractivity (Wildman–Crippen MR) is 124 cm³/mol. The molecular weight excluding hydrogens is 406 g/mol. The number of halogens is 2. The SMILES string of the molecule is C/C=C\c1c(C)ccc(OC)c1CC.CC.CC.CS(=O)(=O)c1cc(F)ccc1F. The van der Waals surface area contributed by atoms with E-state index in [2.05, 4.69) is 32.1 Å². The fourth-order valence-electron chi connectivity index (χ4n) is 2.48. The molecule has 170 valence electrons. The quantitative estimate of drug-likeness (QED) is 0.511. The molecule has 0 saturated carbocycles. The molecule has 0 spiro atoms. The highest BCUT2D eigenvalue weighted by Gasteiger charge is 2.13. The van der Waals surface area contributed by atoms with Gasteiger partial charge in [-0.1, -0.05) is 52.8 Å². The van der Waals surface area contributed by atoms with Gasteiger partial charge in [0.25, 0.3) is 0 Å². The molecule has 2 rings (SSSR count). The van der Waals surface area contributed by atoms with Crippen molar-refractivity contribution in [1.29, 1.82) is 0 Å². The van der Waals surface area contributed by atoms with Gasteiger partial charge in [0.2, 0.25) is 0 Å². The van der Waals surface area contributed by atoms with Crippen LogP contribution in [0.5, 0.6) is 5.75 Å². The van der Waals surface area contributed by atoms with Crippen molar-refractivity contribution in [2.75, 3.05) is 13.4 Å². The molecule has 30 heavy (non-hydrogen) atoms. The van der Waals surface area contributed by atoms with Crippen LogP contribution in [0, 0.1) is 18.6 Å². The van der Waals surface area contributed by atoms with E-state index in [1.165, 1.54) is 16.7 Å². The predicted octanol–water partition coefficient (Wildman–Crippen LogP) is 7.02. The number of methoxy groups -OCH3 is 1. The molecule has 0 aliphatic carbocycles. The van der Waals surface area contributed by atoms with E-state index in [9.17, 15) is 17.2 Å². The zero-order valence-electron chi connectivity index (χ0n) is 19.6. The summed E-state index contributed by atoms with van der Waals surface area (Å²) in [6.45, 7) is 14.3. The van der Waals surface area contributed by atoms with Gasteiger partial charge in [0.1, 0.15) is 22.3 Å². The smallest absolute Gasteiger partial charge is 0.178 e. The monoisotopic (exact) mass is 442 g/mol. The van der Waals surface area contributed by atoms with Crippen molar-refractivity contribution >= 4 is 15.9 Å². The standard InChI is InChI=1S/C13H18O.C7H6F2O2S.2C2H6/c1-5-7-12-10(3)8-9-13(14-4)11(12)6-2;1-12(10,11)7-4-5(8)2-3-6(7)9;2*1-2/h5,7-9H,6H2,1-4H3;2-4H,1H3;2*1-2H3/b7-5-;;;. The van der Waals surface area contributed by atoms with E-state index in [0.29, 0.717) is 6.07 Å². The summed E-state index contributed by atoms with van der Waals surface area (Å²) in [5.74, 6) is -0.707. The second-order valence-electron chi connectivity index (χ2n) is 5.68. The van der Waals surface area contributed by atoms with E-state index < -0.39 is 26.4 Å². The highest BCUT2D eigenvalue weighted by molar-refractivity contribution is 7.90. The first kappa shape index (κ1) is 30.0. The van der Waals surface area contributed by atoms with Crippen molar-refractivity contribution in [3.05, 3.63) is 64.7 Å². The minimum atomic E-state index is -3.67. The van der Waals surface area contributed by atoms with Gasteiger partial charge in [-0.2, -0.15) is 0 Å². The summed E-state index contributed by atoms with van der Waals surface area (Å²) in [5.41, 5.74) is 3.90. The number of rotatable bonds is 4. The maximum Gasteiger partial charge on any atom is 0.178 e. The molecule has 0 aliphatic rings. The third kappa shape index (κ3) is 9.53. The Morgan fingerprint density at radius 3 is 2.00 bits per heavy atom. The van der Waals surface area contributed by atoms with Gasteiger partial charge in [-0.25, -0.2) is 17.2 Å². The van der Waals surface area contributed by atoms with E-state index in [4.69, 9.17) is 4.74 Å². The third-order valence-electron chi connectivity index (χ3n) is 3.73. The lowest BCUT2D eigenvalue weighted by Gasteiger charge is -2.12. The molecule has 0 N–H and O–H groups in total. The molecule has 0 bridgehead atoms. The zero-order valence-corrected chi connectivity index (χ0v) is 20.5. The Kier molecular flexibility index (Phi) is 15.6. The highest BCUT2D eigenvalue weighted by Crippen LogP contribution is 2.26. The normalized spacial score (nSPS) is 10.1. The Hall–Kier alpha value is -2.21. The second kappa shape index (κ2) is 15.6. The van der Waals surface area contributed by atoms with Crippen molar-refractivity contribution < 1.29 is 21.9 Å². The largest absolute Gasteiger partial charge is 0.496 e. The van der Waals surface area contributed by atoms with Gasteiger partial charge >= 0.3 is 0 Å². The molecule has 0 heterocycles. The lowest BCUT2D eigenvalue weighted by atomic mass is 9.98. The van der Waals surface area contributed by atoms with Crippen LogP contribution in [0.3, 0.4) is 0 Å². The van der Waals surface area contributed by atoms with Crippen molar-refractivity contribution in [3.63, 3.8) is 0 Å².